The smallest absolute Gasteiger partial charge is 0.203 e. The Labute approximate surface area is 124 Å². The molecular formula is C17H31N3. The van der Waals surface area contributed by atoms with E-state index in [1.807, 2.05) is 6.20 Å². The quantitative estimate of drug-likeness (QED) is 0.689. The molecule has 0 amide bonds. The van der Waals surface area contributed by atoms with Crippen molar-refractivity contribution in [3.63, 3.8) is 0 Å². The number of anilines is 1. The summed E-state index contributed by atoms with van der Waals surface area (Å²) in [5.41, 5.74) is 0.349. The van der Waals surface area contributed by atoms with Crippen LogP contribution in [0.25, 0.3) is 0 Å². The van der Waals surface area contributed by atoms with E-state index in [0.717, 1.165) is 12.5 Å². The molecule has 2 rings (SSSR count). The Bertz CT molecular complexity index is 389. The van der Waals surface area contributed by atoms with Gasteiger partial charge in [-0.2, -0.15) is 0 Å². The van der Waals surface area contributed by atoms with Crippen LogP contribution in [0.4, 0.5) is 5.95 Å². The lowest BCUT2D eigenvalue weighted by molar-refractivity contribution is 0.273. The molecule has 0 bridgehead atoms. The number of nitrogens with one attached hydrogen (secondary N) is 1. The van der Waals surface area contributed by atoms with Crippen molar-refractivity contribution in [2.45, 2.75) is 84.7 Å². The van der Waals surface area contributed by atoms with Crippen LogP contribution in [0.15, 0.2) is 12.4 Å². The summed E-state index contributed by atoms with van der Waals surface area (Å²) in [5, 5.41) is 3.63. The van der Waals surface area contributed by atoms with Gasteiger partial charge >= 0.3 is 0 Å². The van der Waals surface area contributed by atoms with E-state index in [1.54, 1.807) is 0 Å². The van der Waals surface area contributed by atoms with E-state index < -0.39 is 0 Å². The number of hydrogen-bond acceptors (Lipinski definition) is 2. The molecule has 0 saturated heterocycles. The van der Waals surface area contributed by atoms with Gasteiger partial charge in [-0.15, -0.1) is 0 Å². The summed E-state index contributed by atoms with van der Waals surface area (Å²) < 4.78 is 2.31. The van der Waals surface area contributed by atoms with Gasteiger partial charge in [-0.3, -0.25) is 0 Å². The van der Waals surface area contributed by atoms with Crippen molar-refractivity contribution in [1.82, 2.24) is 9.55 Å². The predicted octanol–water partition coefficient (Wildman–Crippen LogP) is 4.84. The van der Waals surface area contributed by atoms with E-state index in [0.29, 0.717) is 11.5 Å². The van der Waals surface area contributed by atoms with Crippen molar-refractivity contribution < 1.29 is 0 Å². The molecule has 20 heavy (non-hydrogen) atoms. The number of unbranched alkanes of at least 4 members (excludes halogenated alkanes) is 2. The van der Waals surface area contributed by atoms with Crippen LogP contribution in [-0.2, 0) is 6.54 Å². The summed E-state index contributed by atoms with van der Waals surface area (Å²) in [5.74, 6) is 1.07. The second-order valence-electron chi connectivity index (χ2n) is 7.13. The minimum atomic E-state index is 0.349. The van der Waals surface area contributed by atoms with Crippen LogP contribution in [0.1, 0.15) is 72.1 Å². The fourth-order valence-electron chi connectivity index (χ4n) is 3.22. The minimum absolute atomic E-state index is 0.349. The lowest BCUT2D eigenvalue weighted by atomic mass is 9.87. The van der Waals surface area contributed by atoms with Crippen molar-refractivity contribution in [3.05, 3.63) is 12.4 Å². The third kappa shape index (κ3) is 4.53. The van der Waals surface area contributed by atoms with Gasteiger partial charge in [0.05, 0.1) is 0 Å². The lowest BCUT2D eigenvalue weighted by Gasteiger charge is -2.26. The van der Waals surface area contributed by atoms with Gasteiger partial charge in [-0.1, -0.05) is 52.9 Å². The number of nitrogens with zero attached hydrogens (tertiary/aromatic N) is 2. The highest BCUT2D eigenvalue weighted by Crippen LogP contribution is 2.28. The second-order valence-corrected chi connectivity index (χ2v) is 7.13. The van der Waals surface area contributed by atoms with Crippen LogP contribution in [0.2, 0.25) is 0 Å². The molecule has 1 fully saturated rings. The van der Waals surface area contributed by atoms with Crippen LogP contribution < -0.4 is 5.32 Å². The van der Waals surface area contributed by atoms with Crippen molar-refractivity contribution in [3.8, 4) is 0 Å². The summed E-state index contributed by atoms with van der Waals surface area (Å²) >= 11 is 0. The van der Waals surface area contributed by atoms with Gasteiger partial charge in [-0.25, -0.2) is 4.98 Å². The van der Waals surface area contributed by atoms with E-state index in [2.05, 4.69) is 41.8 Å². The first-order valence-electron chi connectivity index (χ1n) is 8.38. The third-order valence-electron chi connectivity index (χ3n) is 4.46. The largest absolute Gasteiger partial charge is 0.353 e. The molecule has 0 spiro atoms. The number of aromatic nitrogens is 2. The number of hydrogen-bond donors (Lipinski definition) is 1. The van der Waals surface area contributed by atoms with Gasteiger partial charge < -0.3 is 9.88 Å². The van der Waals surface area contributed by atoms with E-state index in [9.17, 15) is 0 Å². The third-order valence-corrected chi connectivity index (χ3v) is 4.46. The SMILES string of the molecule is CCCCCC(C)(C)Cn1ccnc1NC1CCCC1. The van der Waals surface area contributed by atoms with E-state index in [-0.39, 0.29) is 0 Å². The van der Waals surface area contributed by atoms with Gasteiger partial charge in [-0.05, 0) is 24.7 Å². The Kier molecular flexibility index (Phi) is 5.50. The van der Waals surface area contributed by atoms with Gasteiger partial charge in [0.1, 0.15) is 0 Å². The molecule has 3 heteroatoms. The average molecular weight is 277 g/mol. The highest BCUT2D eigenvalue weighted by molar-refractivity contribution is 5.28. The molecule has 1 aliphatic rings. The van der Waals surface area contributed by atoms with Crippen LogP contribution in [-0.4, -0.2) is 15.6 Å². The molecule has 0 aliphatic heterocycles. The molecule has 1 N–H and O–H groups in total. The number of imidazole rings is 1. The summed E-state index contributed by atoms with van der Waals surface area (Å²) in [6.45, 7) is 8.09. The normalized spacial score (nSPS) is 16.8. The van der Waals surface area contributed by atoms with Crippen molar-refractivity contribution in [2.24, 2.45) is 5.41 Å². The molecule has 3 nitrogen and oxygen atoms in total. The van der Waals surface area contributed by atoms with Crippen LogP contribution >= 0.6 is 0 Å². The first kappa shape index (κ1) is 15.4. The van der Waals surface area contributed by atoms with Crippen LogP contribution in [0.5, 0.6) is 0 Å². The first-order chi connectivity index (χ1) is 9.61. The molecule has 1 aliphatic carbocycles. The standard InChI is InChI=1S/C17H31N3/c1-4-5-8-11-17(2,3)14-20-13-12-18-16(20)19-15-9-6-7-10-15/h12-13,15H,4-11,14H2,1-3H3,(H,18,19). The van der Waals surface area contributed by atoms with E-state index >= 15 is 0 Å². The second kappa shape index (κ2) is 7.14. The molecule has 0 unspecified atom stereocenters. The lowest BCUT2D eigenvalue weighted by Crippen LogP contribution is -2.23. The Hall–Kier alpha value is -0.990. The Morgan fingerprint density at radius 1 is 1.30 bits per heavy atom. The maximum Gasteiger partial charge on any atom is 0.203 e. The molecule has 1 heterocycles. The van der Waals surface area contributed by atoms with E-state index in [1.165, 1.54) is 51.4 Å². The van der Waals surface area contributed by atoms with Gasteiger partial charge in [0.15, 0.2) is 0 Å². The maximum absolute atomic E-state index is 4.51. The highest BCUT2D eigenvalue weighted by atomic mass is 15.2. The average Bonchev–Trinajstić information content (AvgIpc) is 3.03. The first-order valence-corrected chi connectivity index (χ1v) is 8.38. The molecular weight excluding hydrogens is 246 g/mol. The number of rotatable bonds is 8. The van der Waals surface area contributed by atoms with Gasteiger partial charge in [0.2, 0.25) is 5.95 Å². The van der Waals surface area contributed by atoms with Gasteiger partial charge in [0, 0.05) is 25.0 Å². The summed E-state index contributed by atoms with van der Waals surface area (Å²) in [6.07, 6.45) is 14.7. The Morgan fingerprint density at radius 2 is 2.05 bits per heavy atom. The Balaban J connectivity index is 1.89. The topological polar surface area (TPSA) is 29.9 Å². The highest BCUT2D eigenvalue weighted by Gasteiger charge is 2.21. The zero-order valence-corrected chi connectivity index (χ0v) is 13.5. The molecule has 0 aromatic carbocycles. The van der Waals surface area contributed by atoms with E-state index in [4.69, 9.17) is 0 Å². The van der Waals surface area contributed by atoms with Crippen molar-refractivity contribution in [2.75, 3.05) is 5.32 Å². The molecule has 114 valence electrons. The zero-order valence-electron chi connectivity index (χ0n) is 13.5. The summed E-state index contributed by atoms with van der Waals surface area (Å²) in [7, 11) is 0. The summed E-state index contributed by atoms with van der Waals surface area (Å²) in [4.78, 5) is 4.51. The van der Waals surface area contributed by atoms with Gasteiger partial charge in [0.25, 0.3) is 0 Å². The summed E-state index contributed by atoms with van der Waals surface area (Å²) in [6, 6.07) is 0.638. The monoisotopic (exact) mass is 277 g/mol. The molecule has 1 saturated carbocycles. The molecule has 1 aromatic rings. The fraction of sp³-hybridized carbons (Fsp3) is 0.824. The zero-order chi connectivity index (χ0) is 14.4. The Morgan fingerprint density at radius 3 is 2.75 bits per heavy atom. The van der Waals surface area contributed by atoms with Crippen molar-refractivity contribution in [1.29, 1.82) is 0 Å². The molecule has 0 atom stereocenters. The van der Waals surface area contributed by atoms with Crippen LogP contribution in [0, 0.1) is 5.41 Å². The van der Waals surface area contributed by atoms with Crippen molar-refractivity contribution >= 4 is 5.95 Å². The minimum Gasteiger partial charge on any atom is -0.353 e. The molecule has 1 aromatic heterocycles. The van der Waals surface area contributed by atoms with Crippen LogP contribution in [0.3, 0.4) is 0 Å². The maximum atomic E-state index is 4.51. The predicted molar refractivity (Wildman–Crippen MR) is 86.0 cm³/mol. The fourth-order valence-corrected chi connectivity index (χ4v) is 3.22. The molecule has 0 radical (unpaired) electrons.